The van der Waals surface area contributed by atoms with Crippen LogP contribution < -0.4 is 5.32 Å². The number of benzene rings is 1. The van der Waals surface area contributed by atoms with Crippen molar-refractivity contribution in [1.29, 1.82) is 0 Å². The van der Waals surface area contributed by atoms with E-state index in [1.807, 2.05) is 0 Å². The highest BCUT2D eigenvalue weighted by atomic mass is 19.1. The number of halogens is 1. The van der Waals surface area contributed by atoms with E-state index in [2.05, 4.69) is 26.1 Å². The quantitative estimate of drug-likeness (QED) is 0.772. The minimum absolute atomic E-state index is 0.293. The fraction of sp³-hybridized carbons (Fsp3) is 0.538. The van der Waals surface area contributed by atoms with Gasteiger partial charge < -0.3 is 10.4 Å². The maximum absolute atomic E-state index is 13.0. The summed E-state index contributed by atoms with van der Waals surface area (Å²) in [4.78, 5) is 0. The fourth-order valence-electron chi connectivity index (χ4n) is 1.36. The molecule has 90 valence electrons. The minimum Gasteiger partial charge on any atom is -0.505 e. The molecule has 0 atom stereocenters. The maximum atomic E-state index is 13.0. The minimum atomic E-state index is -0.560. The zero-order valence-electron chi connectivity index (χ0n) is 10.2. The second kappa shape index (κ2) is 5.30. The van der Waals surface area contributed by atoms with Crippen LogP contribution in [0.25, 0.3) is 0 Å². The van der Waals surface area contributed by atoms with Crippen molar-refractivity contribution in [2.45, 2.75) is 33.7 Å². The molecule has 3 heteroatoms. The van der Waals surface area contributed by atoms with Gasteiger partial charge in [-0.25, -0.2) is 4.39 Å². The molecule has 2 nitrogen and oxygen atoms in total. The van der Waals surface area contributed by atoms with Crippen LogP contribution >= 0.6 is 0 Å². The van der Waals surface area contributed by atoms with Crippen LogP contribution in [-0.4, -0.2) is 11.7 Å². The zero-order chi connectivity index (χ0) is 12.2. The van der Waals surface area contributed by atoms with Gasteiger partial charge in [-0.15, -0.1) is 0 Å². The predicted molar refractivity (Wildman–Crippen MR) is 63.8 cm³/mol. The standard InChI is InChI=1S/C13H20FNO/c1-13(2,3)6-7-15-9-10-4-5-12(16)11(14)8-10/h4-5,8,15-16H,6-7,9H2,1-3H3. The molecule has 0 saturated heterocycles. The normalized spacial score (nSPS) is 11.8. The van der Waals surface area contributed by atoms with Gasteiger partial charge in [-0.1, -0.05) is 26.8 Å². The average molecular weight is 225 g/mol. The molecule has 0 heterocycles. The summed E-state index contributed by atoms with van der Waals surface area (Å²) >= 11 is 0. The van der Waals surface area contributed by atoms with E-state index in [-0.39, 0.29) is 5.75 Å². The fourth-order valence-corrected chi connectivity index (χ4v) is 1.36. The van der Waals surface area contributed by atoms with Gasteiger partial charge in [0.2, 0.25) is 0 Å². The Morgan fingerprint density at radius 3 is 2.56 bits per heavy atom. The summed E-state index contributed by atoms with van der Waals surface area (Å²) < 4.78 is 13.0. The number of nitrogens with one attached hydrogen (secondary N) is 1. The largest absolute Gasteiger partial charge is 0.505 e. The highest BCUT2D eigenvalue weighted by Gasteiger charge is 2.08. The van der Waals surface area contributed by atoms with Gasteiger partial charge in [-0.05, 0) is 36.1 Å². The van der Waals surface area contributed by atoms with Crippen LogP contribution in [0.2, 0.25) is 0 Å². The molecule has 0 amide bonds. The van der Waals surface area contributed by atoms with Crippen molar-refractivity contribution in [1.82, 2.24) is 5.32 Å². The number of hydrogen-bond donors (Lipinski definition) is 2. The van der Waals surface area contributed by atoms with E-state index in [0.717, 1.165) is 18.5 Å². The van der Waals surface area contributed by atoms with Crippen molar-refractivity contribution >= 4 is 0 Å². The van der Waals surface area contributed by atoms with E-state index >= 15 is 0 Å². The maximum Gasteiger partial charge on any atom is 0.165 e. The Kier molecular flexibility index (Phi) is 4.30. The molecule has 16 heavy (non-hydrogen) atoms. The molecular formula is C13H20FNO. The predicted octanol–water partition coefficient (Wildman–Crippen LogP) is 3.06. The van der Waals surface area contributed by atoms with Crippen LogP contribution in [0.4, 0.5) is 4.39 Å². The lowest BCUT2D eigenvalue weighted by Gasteiger charge is -2.18. The van der Waals surface area contributed by atoms with Gasteiger partial charge >= 0.3 is 0 Å². The van der Waals surface area contributed by atoms with E-state index in [0.29, 0.717) is 12.0 Å². The summed E-state index contributed by atoms with van der Waals surface area (Å²) in [5.41, 5.74) is 1.16. The first-order chi connectivity index (χ1) is 7.38. The van der Waals surface area contributed by atoms with Gasteiger partial charge in [0.15, 0.2) is 11.6 Å². The van der Waals surface area contributed by atoms with Gasteiger partial charge in [0.05, 0.1) is 0 Å². The zero-order valence-corrected chi connectivity index (χ0v) is 10.2. The molecule has 1 aromatic carbocycles. The summed E-state index contributed by atoms with van der Waals surface area (Å²) in [6.07, 6.45) is 1.08. The highest BCUT2D eigenvalue weighted by molar-refractivity contribution is 5.27. The molecule has 0 aliphatic carbocycles. The summed E-state index contributed by atoms with van der Waals surface area (Å²) in [5.74, 6) is -0.853. The molecule has 0 spiro atoms. The van der Waals surface area contributed by atoms with E-state index < -0.39 is 5.82 Å². The molecule has 2 N–H and O–H groups in total. The molecule has 1 rings (SSSR count). The summed E-state index contributed by atoms with van der Waals surface area (Å²) in [6.45, 7) is 8.11. The van der Waals surface area contributed by atoms with E-state index in [4.69, 9.17) is 5.11 Å². The van der Waals surface area contributed by atoms with Crippen LogP contribution in [0.5, 0.6) is 5.75 Å². The third kappa shape index (κ3) is 4.62. The smallest absolute Gasteiger partial charge is 0.165 e. The third-order valence-corrected chi connectivity index (χ3v) is 2.39. The van der Waals surface area contributed by atoms with Gasteiger partial charge in [0.1, 0.15) is 0 Å². The Bertz CT molecular complexity index is 344. The molecule has 0 aromatic heterocycles. The Balaban J connectivity index is 2.35. The van der Waals surface area contributed by atoms with Crippen LogP contribution in [0.1, 0.15) is 32.8 Å². The van der Waals surface area contributed by atoms with Crippen LogP contribution in [-0.2, 0) is 6.54 Å². The van der Waals surface area contributed by atoms with Crippen molar-refractivity contribution in [2.24, 2.45) is 5.41 Å². The summed E-state index contributed by atoms with van der Waals surface area (Å²) in [7, 11) is 0. The molecule has 0 unspecified atom stereocenters. The second-order valence-corrected chi connectivity index (χ2v) is 5.27. The van der Waals surface area contributed by atoms with Crippen LogP contribution in [0.15, 0.2) is 18.2 Å². The Hall–Kier alpha value is -1.09. The Morgan fingerprint density at radius 1 is 1.31 bits per heavy atom. The van der Waals surface area contributed by atoms with Crippen molar-refractivity contribution in [3.63, 3.8) is 0 Å². The van der Waals surface area contributed by atoms with Crippen molar-refractivity contribution in [2.75, 3.05) is 6.54 Å². The third-order valence-electron chi connectivity index (χ3n) is 2.39. The van der Waals surface area contributed by atoms with Crippen LogP contribution in [0.3, 0.4) is 0 Å². The number of rotatable bonds is 4. The first kappa shape index (κ1) is 13.0. The average Bonchev–Trinajstić information content (AvgIpc) is 2.17. The summed E-state index contributed by atoms with van der Waals surface area (Å²) in [5, 5.41) is 12.3. The van der Waals surface area contributed by atoms with E-state index in [9.17, 15) is 4.39 Å². The topological polar surface area (TPSA) is 32.3 Å². The van der Waals surface area contributed by atoms with E-state index in [1.54, 1.807) is 6.07 Å². The van der Waals surface area contributed by atoms with Gasteiger partial charge in [0, 0.05) is 6.54 Å². The number of phenols is 1. The molecule has 0 saturated carbocycles. The van der Waals surface area contributed by atoms with Gasteiger partial charge in [-0.2, -0.15) is 0 Å². The Morgan fingerprint density at radius 2 is 2.00 bits per heavy atom. The molecule has 0 radical (unpaired) electrons. The summed E-state index contributed by atoms with van der Waals surface area (Å²) in [6, 6.07) is 4.47. The van der Waals surface area contributed by atoms with Crippen LogP contribution in [0, 0.1) is 11.2 Å². The lowest BCUT2D eigenvalue weighted by atomic mass is 9.92. The number of hydrogen-bond acceptors (Lipinski definition) is 2. The highest BCUT2D eigenvalue weighted by Crippen LogP contribution is 2.18. The molecule has 0 fully saturated rings. The van der Waals surface area contributed by atoms with Crippen molar-refractivity contribution in [3.05, 3.63) is 29.6 Å². The molecule has 0 aliphatic heterocycles. The van der Waals surface area contributed by atoms with Crippen molar-refractivity contribution < 1.29 is 9.50 Å². The molecule has 1 aromatic rings. The monoisotopic (exact) mass is 225 g/mol. The molecule has 0 bridgehead atoms. The lowest BCUT2D eigenvalue weighted by molar-refractivity contribution is 0.366. The Labute approximate surface area is 96.5 Å². The molecule has 0 aliphatic rings. The number of aromatic hydroxyl groups is 1. The first-order valence-electron chi connectivity index (χ1n) is 5.56. The number of phenolic OH excluding ortho intramolecular Hbond substituents is 1. The van der Waals surface area contributed by atoms with Crippen molar-refractivity contribution in [3.8, 4) is 5.75 Å². The van der Waals surface area contributed by atoms with E-state index in [1.165, 1.54) is 12.1 Å². The lowest BCUT2D eigenvalue weighted by Crippen LogP contribution is -2.20. The van der Waals surface area contributed by atoms with Gasteiger partial charge in [0.25, 0.3) is 0 Å². The SMILES string of the molecule is CC(C)(C)CCNCc1ccc(O)c(F)c1. The molecular weight excluding hydrogens is 205 g/mol. The first-order valence-corrected chi connectivity index (χ1v) is 5.56. The second-order valence-electron chi connectivity index (χ2n) is 5.27. The van der Waals surface area contributed by atoms with Gasteiger partial charge in [-0.3, -0.25) is 0 Å².